The van der Waals surface area contributed by atoms with E-state index in [2.05, 4.69) is 4.99 Å². The molecule has 0 unspecified atom stereocenters. The maximum absolute atomic E-state index is 13.9. The van der Waals surface area contributed by atoms with Crippen LogP contribution in [0.4, 0.5) is 0 Å². The molecule has 0 radical (unpaired) electrons. The molecule has 0 aliphatic heterocycles. The fraction of sp³-hybridized carbons (Fsp3) is 0.519. The number of aliphatic hydroxyl groups is 1. The molecule has 2 aromatic carbocycles. The summed E-state index contributed by atoms with van der Waals surface area (Å²) in [5.74, 6) is 0.195. The molecule has 0 saturated carbocycles. The molecule has 1 N–H and O–H groups in total. The third kappa shape index (κ3) is 10.7. The van der Waals surface area contributed by atoms with Crippen LogP contribution in [0, 0.1) is 5.92 Å². The van der Waals surface area contributed by atoms with Crippen LogP contribution in [0.3, 0.4) is 0 Å². The average molecular weight is 610 g/mol. The van der Waals surface area contributed by atoms with Gasteiger partial charge in [0.15, 0.2) is 0 Å². The minimum absolute atomic E-state index is 0.0378. The van der Waals surface area contributed by atoms with Crippen molar-refractivity contribution in [3.63, 3.8) is 0 Å². The van der Waals surface area contributed by atoms with Gasteiger partial charge in [0.2, 0.25) is 0 Å². The Balaban J connectivity index is 2.39. The Bertz CT molecular complexity index is 1270. The van der Waals surface area contributed by atoms with E-state index in [4.69, 9.17) is 18.5 Å². The molecule has 0 fully saturated rings. The standard InChI is InChI=1S/C27H40BN2O9PS/c1-6-38-40(33,39-7-2)20-37-27-16-23(13-14-26(27)36-5)41(34,35)30(17-21(3)4)18-25(31)24(29-19-28-32)15-22-11-9-8-10-12-22/h8-14,16,19,21,24-25,31H,6-7,15,17-18,20H2,1-5H3/t24-,25+/m0/s1. The van der Waals surface area contributed by atoms with Crippen molar-refractivity contribution in [2.75, 3.05) is 39.8 Å². The van der Waals surface area contributed by atoms with Crippen LogP contribution in [0.2, 0.25) is 0 Å². The fourth-order valence-electron chi connectivity index (χ4n) is 4.03. The number of nitrogens with zero attached hydrogens (tertiary/aromatic N) is 2. The van der Waals surface area contributed by atoms with E-state index in [0.717, 1.165) is 11.7 Å². The third-order valence-electron chi connectivity index (χ3n) is 5.83. The molecule has 14 heteroatoms. The Morgan fingerprint density at radius 3 is 2.27 bits per heavy atom. The molecule has 41 heavy (non-hydrogen) atoms. The number of hydrogen-bond acceptors (Lipinski definition) is 10. The molecule has 2 rings (SSSR count). The van der Waals surface area contributed by atoms with Gasteiger partial charge in [-0.2, -0.15) is 0 Å². The van der Waals surface area contributed by atoms with Crippen molar-refractivity contribution in [1.82, 2.24) is 4.31 Å². The zero-order chi connectivity index (χ0) is 30.5. The maximum atomic E-state index is 13.9. The molecule has 0 heterocycles. The fourth-order valence-corrected chi connectivity index (χ4v) is 6.98. The quantitative estimate of drug-likeness (QED) is 0.142. The van der Waals surface area contributed by atoms with Gasteiger partial charge < -0.3 is 9.05 Å². The summed E-state index contributed by atoms with van der Waals surface area (Å²) in [4.78, 5) is 4.08. The minimum Gasteiger partial charge on any atom is -0.307 e. The number of ether oxygens (including phenoxy) is 2. The number of sulfonamides is 1. The molecule has 0 aromatic heterocycles. The Labute approximate surface area is 243 Å². The topological polar surface area (TPSA) is 141 Å². The van der Waals surface area contributed by atoms with Crippen LogP contribution in [0.25, 0.3) is 0 Å². The van der Waals surface area contributed by atoms with E-state index in [-0.39, 0.29) is 48.6 Å². The second kappa shape index (κ2) is 16.9. The van der Waals surface area contributed by atoms with Gasteiger partial charge in [0.25, 0.3) is 0 Å². The predicted octanol–water partition coefficient (Wildman–Crippen LogP) is 3.99. The number of aliphatic imine (C=N–C) groups is 1. The van der Waals surface area contributed by atoms with Crippen molar-refractivity contribution in [2.45, 2.75) is 51.2 Å². The van der Waals surface area contributed by atoms with Crippen molar-refractivity contribution in [2.24, 2.45) is 10.9 Å². The Kier molecular flexibility index (Phi) is 14.3. The van der Waals surface area contributed by atoms with Gasteiger partial charge in [-0.25, -0.2) is 0 Å². The summed E-state index contributed by atoms with van der Waals surface area (Å²) in [5, 5.41) is 11.2. The van der Waals surface area contributed by atoms with Crippen LogP contribution in [-0.2, 0) is 34.8 Å². The second-order valence-electron chi connectivity index (χ2n) is 9.51. The molecule has 0 aliphatic carbocycles. The molecule has 0 bridgehead atoms. The average Bonchev–Trinajstić information content (AvgIpc) is 2.94. The number of aliphatic hydroxyl groups excluding tert-OH is 1. The van der Waals surface area contributed by atoms with Gasteiger partial charge in [0.1, 0.15) is 0 Å². The van der Waals surface area contributed by atoms with Crippen LogP contribution in [-0.4, -0.2) is 83.0 Å². The Morgan fingerprint density at radius 1 is 1.05 bits per heavy atom. The molecular weight excluding hydrogens is 570 g/mol. The van der Waals surface area contributed by atoms with Crippen molar-refractivity contribution in [3.05, 3.63) is 54.1 Å². The predicted molar refractivity (Wildman–Crippen MR) is 158 cm³/mol. The summed E-state index contributed by atoms with van der Waals surface area (Å²) in [6, 6.07) is 12.6. The van der Waals surface area contributed by atoms with Crippen LogP contribution in [0.5, 0.6) is 11.5 Å². The van der Waals surface area contributed by atoms with E-state index in [1.807, 2.05) is 44.2 Å². The van der Waals surface area contributed by atoms with Gasteiger partial charge in [-0.15, -0.1) is 0 Å². The van der Waals surface area contributed by atoms with Gasteiger partial charge in [-0.3, -0.25) is 4.57 Å². The van der Waals surface area contributed by atoms with Gasteiger partial charge in [-0.1, -0.05) is 0 Å². The van der Waals surface area contributed by atoms with Gasteiger partial charge in [0.05, 0.1) is 20.3 Å². The third-order valence-corrected chi connectivity index (χ3v) is 9.41. The zero-order valence-electron chi connectivity index (χ0n) is 24.2. The van der Waals surface area contributed by atoms with Crippen molar-refractivity contribution < 1.29 is 41.3 Å². The van der Waals surface area contributed by atoms with Gasteiger partial charge in [-0.05, 0) is 13.8 Å². The number of rotatable bonds is 19. The summed E-state index contributed by atoms with van der Waals surface area (Å²) >= 11 is 0. The van der Waals surface area contributed by atoms with E-state index in [1.54, 1.807) is 13.8 Å². The van der Waals surface area contributed by atoms with Crippen LogP contribution in [0.1, 0.15) is 33.3 Å². The number of methoxy groups -OCH3 is 1. The van der Waals surface area contributed by atoms with E-state index in [0.29, 0.717) is 13.6 Å². The van der Waals surface area contributed by atoms with Crippen molar-refractivity contribution in [3.8, 4) is 11.5 Å². The molecule has 2 aromatic rings. The normalized spacial score (nSPS) is 13.9. The van der Waals surface area contributed by atoms with E-state index >= 15 is 0 Å². The molecular formula is C27H40BN2O9PS. The summed E-state index contributed by atoms with van der Waals surface area (Å²) < 4.78 is 74.4. The second-order valence-corrected chi connectivity index (χ2v) is 13.4. The summed E-state index contributed by atoms with van der Waals surface area (Å²) in [6.45, 7) is 7.20. The SMILES string of the molecule is CCOP(=O)(COc1cc(S(=O)(=O)N(CC(C)C)C[C@@H](O)[C@H](Cc2ccccc2)N=CB=O)ccc1OC)OCC. The van der Waals surface area contributed by atoms with Crippen molar-refractivity contribution in [1.29, 1.82) is 0 Å². The zero-order valence-corrected chi connectivity index (χ0v) is 25.9. The van der Waals surface area contributed by atoms with Crippen molar-refractivity contribution >= 4 is 30.9 Å². The van der Waals surface area contributed by atoms with Crippen LogP contribution < -0.4 is 9.47 Å². The molecule has 11 nitrogen and oxygen atoms in total. The van der Waals surface area contributed by atoms with Crippen LogP contribution >= 0.6 is 7.60 Å². The smallest absolute Gasteiger partial charge is 0.307 e. The van der Waals surface area contributed by atoms with E-state index < -0.39 is 36.1 Å². The van der Waals surface area contributed by atoms with Gasteiger partial charge >= 0.3 is 196 Å². The Morgan fingerprint density at radius 2 is 1.71 bits per heavy atom. The molecule has 0 saturated heterocycles. The molecule has 0 spiro atoms. The van der Waals surface area contributed by atoms with Crippen LogP contribution in [0.15, 0.2) is 58.4 Å². The van der Waals surface area contributed by atoms with E-state index in [1.165, 1.54) is 29.6 Å². The first-order chi connectivity index (χ1) is 19.5. The van der Waals surface area contributed by atoms with Gasteiger partial charge in [0, 0.05) is 0 Å². The number of benzene rings is 2. The summed E-state index contributed by atoms with van der Waals surface area (Å²) in [7, 11) is -5.83. The first-order valence-electron chi connectivity index (χ1n) is 13.4. The van der Waals surface area contributed by atoms with E-state index in [9.17, 15) is 22.8 Å². The number of hydrogen-bond donors (Lipinski definition) is 1. The Hall–Kier alpha value is -2.41. The molecule has 0 aliphatic rings. The first-order valence-corrected chi connectivity index (χ1v) is 16.5. The minimum atomic E-state index is -4.15. The summed E-state index contributed by atoms with van der Waals surface area (Å²) in [5.41, 5.74) is 0.881. The molecule has 0 amide bonds. The monoisotopic (exact) mass is 610 g/mol. The molecule has 2 atom stereocenters. The first kappa shape index (κ1) is 34.8. The molecule has 226 valence electrons. The summed E-state index contributed by atoms with van der Waals surface area (Å²) in [6.07, 6.45) is -0.285.